The molecular weight excluding hydrogens is 278 g/mol. The molecule has 1 heterocycles. The van der Waals surface area contributed by atoms with E-state index in [0.29, 0.717) is 5.95 Å². The molecule has 1 aromatic heterocycles. The third-order valence-corrected chi connectivity index (χ3v) is 3.45. The molecule has 0 spiro atoms. The second kappa shape index (κ2) is 5.89. The van der Waals surface area contributed by atoms with Crippen molar-refractivity contribution in [3.05, 3.63) is 58.5 Å². The highest BCUT2D eigenvalue weighted by Gasteiger charge is 2.06. The monoisotopic (exact) mass is 295 g/mol. The molecule has 0 bridgehead atoms. The molecule has 0 fully saturated rings. The first-order valence-electron chi connectivity index (χ1n) is 7.25. The third kappa shape index (κ3) is 2.79. The molecule has 3 aromatic rings. The molecule has 0 aliphatic rings. The molecule has 112 valence electrons. The lowest BCUT2D eigenvalue weighted by Gasteiger charge is -2.10. The summed E-state index contributed by atoms with van der Waals surface area (Å²) < 4.78 is 0. The summed E-state index contributed by atoms with van der Waals surface area (Å²) in [7, 11) is 0. The van der Waals surface area contributed by atoms with Gasteiger partial charge in [-0.05, 0) is 18.6 Å². The first-order valence-corrected chi connectivity index (χ1v) is 7.25. The van der Waals surface area contributed by atoms with Gasteiger partial charge in [-0.3, -0.25) is 9.78 Å². The number of hydrogen-bond acceptors (Lipinski definition) is 4. The maximum atomic E-state index is 11.7. The molecule has 3 N–H and O–H groups in total. The molecular formula is C17H17N3O2. The number of aromatic amines is 1. The highest BCUT2D eigenvalue weighted by Crippen LogP contribution is 2.30. The lowest BCUT2D eigenvalue weighted by Crippen LogP contribution is -2.12. The summed E-state index contributed by atoms with van der Waals surface area (Å²) in [4.78, 5) is 18.8. The average Bonchev–Trinajstić information content (AvgIpc) is 2.48. The predicted octanol–water partition coefficient (Wildman–Crippen LogP) is 3.32. The quantitative estimate of drug-likeness (QED) is 0.690. The summed E-state index contributed by atoms with van der Waals surface area (Å²) >= 11 is 0. The molecule has 0 atom stereocenters. The fourth-order valence-electron chi connectivity index (χ4n) is 2.48. The molecule has 0 radical (unpaired) electrons. The van der Waals surface area contributed by atoms with Crippen LogP contribution in [0.4, 0.5) is 11.6 Å². The first kappa shape index (κ1) is 14.1. The lowest BCUT2D eigenvalue weighted by atomic mass is 10.1. The summed E-state index contributed by atoms with van der Waals surface area (Å²) in [6, 6.07) is 12.4. The number of phenols is 1. The van der Waals surface area contributed by atoms with Crippen LogP contribution in [0.25, 0.3) is 10.8 Å². The van der Waals surface area contributed by atoms with Crippen molar-refractivity contribution in [2.75, 3.05) is 5.32 Å². The minimum absolute atomic E-state index is 0.177. The average molecular weight is 295 g/mol. The van der Waals surface area contributed by atoms with Crippen molar-refractivity contribution in [3.8, 4) is 5.75 Å². The Kier molecular flexibility index (Phi) is 3.78. The topological polar surface area (TPSA) is 78.0 Å². The van der Waals surface area contributed by atoms with Gasteiger partial charge in [-0.1, -0.05) is 37.6 Å². The smallest absolute Gasteiger partial charge is 0.252 e. The minimum atomic E-state index is -0.177. The van der Waals surface area contributed by atoms with Crippen molar-refractivity contribution in [2.24, 2.45) is 0 Å². The van der Waals surface area contributed by atoms with Gasteiger partial charge in [0.05, 0.1) is 0 Å². The van der Waals surface area contributed by atoms with Gasteiger partial charge in [0.25, 0.3) is 5.56 Å². The molecule has 3 rings (SSSR count). The van der Waals surface area contributed by atoms with Gasteiger partial charge >= 0.3 is 0 Å². The molecule has 5 nitrogen and oxygen atoms in total. The predicted molar refractivity (Wildman–Crippen MR) is 87.7 cm³/mol. The Balaban J connectivity index is 2.03. The Bertz CT molecular complexity index is 871. The van der Waals surface area contributed by atoms with Gasteiger partial charge in [-0.25, -0.2) is 4.98 Å². The zero-order valence-electron chi connectivity index (χ0n) is 12.3. The Morgan fingerprint density at radius 2 is 1.95 bits per heavy atom. The van der Waals surface area contributed by atoms with Crippen LogP contribution in [0.2, 0.25) is 0 Å². The molecule has 5 heteroatoms. The van der Waals surface area contributed by atoms with Crippen molar-refractivity contribution in [2.45, 2.75) is 19.8 Å². The second-order valence-electron chi connectivity index (χ2n) is 5.14. The van der Waals surface area contributed by atoms with Gasteiger partial charge in [-0.2, -0.15) is 0 Å². The fraction of sp³-hybridized carbons (Fsp3) is 0.176. The number of phenolic OH excluding ortho intramolecular Hbond substituents is 1. The molecule has 0 saturated carbocycles. The standard InChI is InChI=1S/C17H17N3O2/c1-2-5-11-10-16(22)20-17(18-11)19-14-8-3-7-13-12(14)6-4-9-15(13)21/h3-4,6-10,21H,2,5H2,1H3,(H2,18,19,20,22). The van der Waals surface area contributed by atoms with E-state index in [0.717, 1.165) is 35.0 Å². The van der Waals surface area contributed by atoms with E-state index in [9.17, 15) is 9.90 Å². The van der Waals surface area contributed by atoms with Crippen LogP contribution in [-0.4, -0.2) is 15.1 Å². The first-order chi connectivity index (χ1) is 10.7. The maximum absolute atomic E-state index is 11.7. The number of aromatic hydroxyl groups is 1. The molecule has 2 aromatic carbocycles. The highest BCUT2D eigenvalue weighted by molar-refractivity contribution is 5.98. The summed E-state index contributed by atoms with van der Waals surface area (Å²) in [6.07, 6.45) is 1.69. The highest BCUT2D eigenvalue weighted by atomic mass is 16.3. The summed E-state index contributed by atoms with van der Waals surface area (Å²) in [6.45, 7) is 2.05. The van der Waals surface area contributed by atoms with E-state index in [1.165, 1.54) is 6.07 Å². The maximum Gasteiger partial charge on any atom is 0.252 e. The minimum Gasteiger partial charge on any atom is -0.507 e. The molecule has 0 aliphatic carbocycles. The Morgan fingerprint density at radius 3 is 2.77 bits per heavy atom. The number of benzene rings is 2. The summed E-state index contributed by atoms with van der Waals surface area (Å²) in [5, 5.41) is 14.7. The zero-order chi connectivity index (χ0) is 15.5. The van der Waals surface area contributed by atoms with E-state index in [2.05, 4.69) is 15.3 Å². The van der Waals surface area contributed by atoms with E-state index in [4.69, 9.17) is 0 Å². The van der Waals surface area contributed by atoms with Crippen LogP contribution in [0.5, 0.6) is 5.75 Å². The van der Waals surface area contributed by atoms with Crippen LogP contribution in [-0.2, 0) is 6.42 Å². The van der Waals surface area contributed by atoms with Gasteiger partial charge in [0, 0.05) is 28.2 Å². The van der Waals surface area contributed by atoms with Crippen molar-refractivity contribution in [1.29, 1.82) is 0 Å². The van der Waals surface area contributed by atoms with Crippen molar-refractivity contribution in [3.63, 3.8) is 0 Å². The number of fused-ring (bicyclic) bond motifs is 1. The third-order valence-electron chi connectivity index (χ3n) is 3.45. The molecule has 0 amide bonds. The normalized spacial score (nSPS) is 10.8. The molecule has 0 saturated heterocycles. The Hall–Kier alpha value is -2.82. The van der Waals surface area contributed by atoms with Gasteiger partial charge in [-0.15, -0.1) is 0 Å². The number of H-pyrrole nitrogens is 1. The van der Waals surface area contributed by atoms with Crippen molar-refractivity contribution in [1.82, 2.24) is 9.97 Å². The van der Waals surface area contributed by atoms with Crippen molar-refractivity contribution < 1.29 is 5.11 Å². The van der Waals surface area contributed by atoms with Gasteiger partial charge in [0.2, 0.25) is 5.95 Å². The van der Waals surface area contributed by atoms with Crippen LogP contribution in [0.15, 0.2) is 47.3 Å². The van der Waals surface area contributed by atoms with Gasteiger partial charge in [0.15, 0.2) is 0 Å². The number of hydrogen-bond donors (Lipinski definition) is 3. The lowest BCUT2D eigenvalue weighted by molar-refractivity contribution is 0.481. The molecule has 22 heavy (non-hydrogen) atoms. The Morgan fingerprint density at radius 1 is 1.18 bits per heavy atom. The van der Waals surface area contributed by atoms with Gasteiger partial charge in [0.1, 0.15) is 5.75 Å². The van der Waals surface area contributed by atoms with E-state index >= 15 is 0 Å². The number of aromatic nitrogens is 2. The van der Waals surface area contributed by atoms with Crippen LogP contribution < -0.4 is 10.9 Å². The second-order valence-corrected chi connectivity index (χ2v) is 5.14. The van der Waals surface area contributed by atoms with Crippen LogP contribution >= 0.6 is 0 Å². The van der Waals surface area contributed by atoms with Gasteiger partial charge < -0.3 is 10.4 Å². The number of anilines is 2. The SMILES string of the molecule is CCCc1cc(=O)[nH]c(Nc2cccc3c(O)cccc23)n1. The van der Waals surface area contributed by atoms with Crippen LogP contribution in [0, 0.1) is 0 Å². The number of aryl methyl sites for hydroxylation is 1. The largest absolute Gasteiger partial charge is 0.507 e. The molecule has 0 aliphatic heterocycles. The summed E-state index contributed by atoms with van der Waals surface area (Å²) in [5.41, 5.74) is 1.37. The fourth-order valence-corrected chi connectivity index (χ4v) is 2.48. The zero-order valence-corrected chi connectivity index (χ0v) is 12.3. The Labute approximate surface area is 127 Å². The van der Waals surface area contributed by atoms with Crippen molar-refractivity contribution >= 4 is 22.4 Å². The van der Waals surface area contributed by atoms with E-state index in [1.807, 2.05) is 31.2 Å². The molecule has 0 unspecified atom stereocenters. The number of nitrogens with zero attached hydrogens (tertiary/aromatic N) is 1. The van der Waals surface area contributed by atoms with E-state index in [-0.39, 0.29) is 11.3 Å². The van der Waals surface area contributed by atoms with Crippen LogP contribution in [0.1, 0.15) is 19.0 Å². The van der Waals surface area contributed by atoms with E-state index < -0.39 is 0 Å². The summed E-state index contributed by atoms with van der Waals surface area (Å²) in [5.74, 6) is 0.633. The number of rotatable bonds is 4. The number of nitrogens with one attached hydrogen (secondary N) is 2. The van der Waals surface area contributed by atoms with E-state index in [1.54, 1.807) is 12.1 Å². The van der Waals surface area contributed by atoms with Crippen LogP contribution in [0.3, 0.4) is 0 Å².